The van der Waals surface area contributed by atoms with Crippen molar-refractivity contribution in [3.8, 4) is 0 Å². The van der Waals surface area contributed by atoms with Gasteiger partial charge in [0.25, 0.3) is 0 Å². The average Bonchev–Trinajstić information content (AvgIpc) is 2.50. The largest absolute Gasteiger partial charge is 0.339 e. The van der Waals surface area contributed by atoms with Crippen molar-refractivity contribution in [1.29, 1.82) is 0 Å². The van der Waals surface area contributed by atoms with Gasteiger partial charge in [-0.05, 0) is 38.1 Å². The molecule has 5 heteroatoms. The molecular weight excluding hydrogens is 290 g/mol. The molecule has 0 atom stereocenters. The maximum Gasteiger partial charge on any atom is 0.242 e. The van der Waals surface area contributed by atoms with Gasteiger partial charge in [0.15, 0.2) is 5.43 Å². The normalized spacial score (nSPS) is 16.0. The number of rotatable bonds is 2. The zero-order valence-electron chi connectivity index (χ0n) is 14.0. The first-order valence-corrected chi connectivity index (χ1v) is 8.02. The summed E-state index contributed by atoms with van der Waals surface area (Å²) >= 11 is 0. The lowest BCUT2D eigenvalue weighted by molar-refractivity contribution is -0.133. The van der Waals surface area contributed by atoms with Gasteiger partial charge in [-0.3, -0.25) is 9.59 Å². The number of aryl methyl sites for hydroxylation is 2. The summed E-state index contributed by atoms with van der Waals surface area (Å²) < 4.78 is 1.90. The molecule has 1 fully saturated rings. The summed E-state index contributed by atoms with van der Waals surface area (Å²) in [5, 5.41) is 0.712. The molecule has 0 N–H and O–H groups in total. The third-order valence-electron chi connectivity index (χ3n) is 4.58. The van der Waals surface area contributed by atoms with Gasteiger partial charge in [0.1, 0.15) is 6.54 Å². The second-order valence-electron chi connectivity index (χ2n) is 6.47. The number of hydrogen-bond acceptors (Lipinski definition) is 3. The number of aromatic nitrogens is 1. The smallest absolute Gasteiger partial charge is 0.242 e. The number of carbonyl (C=O) groups excluding carboxylic acids is 1. The molecule has 1 aromatic heterocycles. The second kappa shape index (κ2) is 6.16. The van der Waals surface area contributed by atoms with E-state index in [9.17, 15) is 9.59 Å². The van der Waals surface area contributed by atoms with Gasteiger partial charge in [-0.1, -0.05) is 6.07 Å². The highest BCUT2D eigenvalue weighted by Crippen LogP contribution is 2.17. The number of likely N-dealkylation sites (N-methyl/N-ethyl adjacent to an activating group) is 1. The number of piperazine rings is 1. The van der Waals surface area contributed by atoms with E-state index in [4.69, 9.17) is 0 Å². The Hall–Kier alpha value is -2.14. The Kier molecular flexibility index (Phi) is 4.22. The Morgan fingerprint density at radius 3 is 2.52 bits per heavy atom. The van der Waals surface area contributed by atoms with Crippen LogP contribution in [0.1, 0.15) is 11.1 Å². The summed E-state index contributed by atoms with van der Waals surface area (Å²) in [6, 6.07) is 5.55. The first-order valence-electron chi connectivity index (χ1n) is 8.02. The minimum atomic E-state index is 0.0146. The maximum absolute atomic E-state index is 12.6. The van der Waals surface area contributed by atoms with E-state index in [0.29, 0.717) is 5.39 Å². The zero-order valence-corrected chi connectivity index (χ0v) is 14.0. The van der Waals surface area contributed by atoms with Crippen LogP contribution in [0.2, 0.25) is 0 Å². The molecule has 0 saturated carbocycles. The molecule has 23 heavy (non-hydrogen) atoms. The van der Waals surface area contributed by atoms with E-state index in [2.05, 4.69) is 11.9 Å². The highest BCUT2D eigenvalue weighted by Gasteiger charge is 2.19. The quantitative estimate of drug-likeness (QED) is 0.842. The summed E-state index contributed by atoms with van der Waals surface area (Å²) in [6.07, 6.45) is 1.73. The number of benzene rings is 1. The molecule has 122 valence electrons. The van der Waals surface area contributed by atoms with E-state index in [1.165, 1.54) is 0 Å². The van der Waals surface area contributed by atoms with E-state index in [-0.39, 0.29) is 17.9 Å². The lowest BCUT2D eigenvalue weighted by Gasteiger charge is -2.32. The van der Waals surface area contributed by atoms with Crippen LogP contribution in [0.5, 0.6) is 0 Å². The van der Waals surface area contributed by atoms with Crippen LogP contribution in [0.25, 0.3) is 10.9 Å². The summed E-state index contributed by atoms with van der Waals surface area (Å²) in [5.41, 5.74) is 2.92. The molecule has 1 aliphatic heterocycles. The summed E-state index contributed by atoms with van der Waals surface area (Å²) in [6.45, 7) is 7.60. The van der Waals surface area contributed by atoms with E-state index in [1.54, 1.807) is 12.3 Å². The Morgan fingerprint density at radius 2 is 1.83 bits per heavy atom. The highest BCUT2D eigenvalue weighted by atomic mass is 16.2. The molecular formula is C18H23N3O2. The van der Waals surface area contributed by atoms with Crippen molar-refractivity contribution < 1.29 is 4.79 Å². The SMILES string of the molecule is Cc1cc(C)c2c(=O)ccn(CC(=O)N3CCN(C)CC3)c2c1. The van der Waals surface area contributed by atoms with Crippen molar-refractivity contribution in [2.75, 3.05) is 33.2 Å². The molecule has 0 aliphatic carbocycles. The van der Waals surface area contributed by atoms with Crippen LogP contribution in [-0.2, 0) is 11.3 Å². The fourth-order valence-electron chi connectivity index (χ4n) is 3.25. The molecule has 1 amide bonds. The molecule has 3 rings (SSSR count). The van der Waals surface area contributed by atoms with Gasteiger partial charge in [0, 0.05) is 43.8 Å². The van der Waals surface area contributed by atoms with Crippen molar-refractivity contribution in [1.82, 2.24) is 14.4 Å². The predicted molar refractivity (Wildman–Crippen MR) is 91.8 cm³/mol. The molecule has 0 bridgehead atoms. The number of fused-ring (bicyclic) bond motifs is 1. The van der Waals surface area contributed by atoms with Crippen LogP contribution in [0.3, 0.4) is 0 Å². The van der Waals surface area contributed by atoms with Gasteiger partial charge in [-0.2, -0.15) is 0 Å². The monoisotopic (exact) mass is 313 g/mol. The molecule has 2 aromatic rings. The third kappa shape index (κ3) is 3.15. The van der Waals surface area contributed by atoms with E-state index in [0.717, 1.165) is 42.8 Å². The number of amides is 1. The Labute approximate surface area is 136 Å². The van der Waals surface area contributed by atoms with Gasteiger partial charge < -0.3 is 14.4 Å². The Bertz CT molecular complexity index is 802. The van der Waals surface area contributed by atoms with Gasteiger partial charge in [0.05, 0.1) is 5.52 Å². The van der Waals surface area contributed by atoms with Crippen LogP contribution < -0.4 is 5.43 Å². The molecule has 0 spiro atoms. The maximum atomic E-state index is 12.6. The summed E-state index contributed by atoms with van der Waals surface area (Å²) in [5.74, 6) is 0.113. The topological polar surface area (TPSA) is 45.6 Å². The molecule has 0 radical (unpaired) electrons. The Morgan fingerprint density at radius 1 is 1.13 bits per heavy atom. The van der Waals surface area contributed by atoms with Crippen LogP contribution >= 0.6 is 0 Å². The van der Waals surface area contributed by atoms with Gasteiger partial charge in [-0.25, -0.2) is 0 Å². The van der Waals surface area contributed by atoms with Crippen LogP contribution in [0.15, 0.2) is 29.2 Å². The van der Waals surface area contributed by atoms with Gasteiger partial charge in [-0.15, -0.1) is 0 Å². The standard InChI is InChI=1S/C18H23N3O2/c1-13-10-14(2)18-15(11-13)21(5-4-16(18)22)12-17(23)20-8-6-19(3)7-9-20/h4-5,10-11H,6-9,12H2,1-3H3. The second-order valence-corrected chi connectivity index (χ2v) is 6.47. The van der Waals surface area contributed by atoms with E-state index in [1.807, 2.05) is 35.4 Å². The van der Waals surface area contributed by atoms with E-state index < -0.39 is 0 Å². The average molecular weight is 313 g/mol. The summed E-state index contributed by atoms with van der Waals surface area (Å²) in [4.78, 5) is 28.9. The number of nitrogens with zero attached hydrogens (tertiary/aromatic N) is 3. The minimum Gasteiger partial charge on any atom is -0.339 e. The summed E-state index contributed by atoms with van der Waals surface area (Å²) in [7, 11) is 2.07. The lowest BCUT2D eigenvalue weighted by Crippen LogP contribution is -2.48. The van der Waals surface area contributed by atoms with Crippen LogP contribution in [0, 0.1) is 13.8 Å². The van der Waals surface area contributed by atoms with Crippen LogP contribution in [0.4, 0.5) is 0 Å². The minimum absolute atomic E-state index is 0.0146. The van der Waals surface area contributed by atoms with Crippen molar-refractivity contribution >= 4 is 16.8 Å². The van der Waals surface area contributed by atoms with Gasteiger partial charge in [0.2, 0.25) is 5.91 Å². The highest BCUT2D eigenvalue weighted by molar-refractivity contribution is 5.85. The van der Waals surface area contributed by atoms with Crippen LogP contribution in [-0.4, -0.2) is 53.5 Å². The van der Waals surface area contributed by atoms with Crippen molar-refractivity contribution in [3.05, 3.63) is 45.7 Å². The first kappa shape index (κ1) is 15.7. The molecule has 1 aliphatic rings. The molecule has 1 aromatic carbocycles. The third-order valence-corrected chi connectivity index (χ3v) is 4.58. The van der Waals surface area contributed by atoms with Gasteiger partial charge >= 0.3 is 0 Å². The van der Waals surface area contributed by atoms with E-state index >= 15 is 0 Å². The molecule has 5 nitrogen and oxygen atoms in total. The number of carbonyl (C=O) groups is 1. The fourth-order valence-corrected chi connectivity index (χ4v) is 3.25. The zero-order chi connectivity index (χ0) is 16.6. The first-order chi connectivity index (χ1) is 11.0. The van der Waals surface area contributed by atoms with Crippen molar-refractivity contribution in [2.45, 2.75) is 20.4 Å². The predicted octanol–water partition coefficient (Wildman–Crippen LogP) is 1.39. The fraction of sp³-hybridized carbons (Fsp3) is 0.444. The van der Waals surface area contributed by atoms with Crippen molar-refractivity contribution in [3.63, 3.8) is 0 Å². The number of pyridine rings is 1. The number of hydrogen-bond donors (Lipinski definition) is 0. The molecule has 1 saturated heterocycles. The molecule has 2 heterocycles. The van der Waals surface area contributed by atoms with Crippen molar-refractivity contribution in [2.24, 2.45) is 0 Å². The Balaban J connectivity index is 1.93. The molecule has 0 unspecified atom stereocenters. The lowest BCUT2D eigenvalue weighted by atomic mass is 10.1.